The standard InChI is InChI=1S/C9H6F4O2S/c1-2-6-4-3-5-7(9(10,11)12)8(6)16(13,14)15/h2-5H,1H2. The van der Waals surface area contributed by atoms with Gasteiger partial charge in [-0.25, -0.2) is 0 Å². The highest BCUT2D eigenvalue weighted by Gasteiger charge is 2.38. The number of hydrogen-bond acceptors (Lipinski definition) is 2. The minimum atomic E-state index is -5.45. The fraction of sp³-hybridized carbons (Fsp3) is 0.111. The first-order chi connectivity index (χ1) is 7.18. The van der Waals surface area contributed by atoms with E-state index < -0.39 is 32.4 Å². The van der Waals surface area contributed by atoms with Crippen LogP contribution < -0.4 is 0 Å². The maximum atomic E-state index is 12.8. The van der Waals surface area contributed by atoms with Gasteiger partial charge in [0.25, 0.3) is 0 Å². The van der Waals surface area contributed by atoms with Crippen molar-refractivity contribution in [1.82, 2.24) is 0 Å². The number of benzene rings is 1. The zero-order valence-electron chi connectivity index (χ0n) is 7.75. The third kappa shape index (κ3) is 2.41. The second-order valence-electron chi connectivity index (χ2n) is 2.86. The highest BCUT2D eigenvalue weighted by Crippen LogP contribution is 2.36. The van der Waals surface area contributed by atoms with Gasteiger partial charge in [-0.2, -0.15) is 21.6 Å². The molecule has 0 radical (unpaired) electrons. The molecule has 0 saturated carbocycles. The van der Waals surface area contributed by atoms with Gasteiger partial charge in [-0.15, -0.1) is 3.89 Å². The summed E-state index contributed by atoms with van der Waals surface area (Å²) >= 11 is 0. The van der Waals surface area contributed by atoms with Gasteiger partial charge >= 0.3 is 16.4 Å². The van der Waals surface area contributed by atoms with Crippen molar-refractivity contribution >= 4 is 16.3 Å². The van der Waals surface area contributed by atoms with Crippen LogP contribution in [0, 0.1) is 0 Å². The van der Waals surface area contributed by atoms with Crippen LogP contribution in [-0.4, -0.2) is 8.42 Å². The summed E-state index contributed by atoms with van der Waals surface area (Å²) in [6.07, 6.45) is -4.09. The van der Waals surface area contributed by atoms with E-state index in [4.69, 9.17) is 0 Å². The van der Waals surface area contributed by atoms with Gasteiger partial charge in [0.15, 0.2) is 0 Å². The Morgan fingerprint density at radius 2 is 1.81 bits per heavy atom. The van der Waals surface area contributed by atoms with Gasteiger partial charge in [0, 0.05) is 0 Å². The van der Waals surface area contributed by atoms with Crippen molar-refractivity contribution in [2.45, 2.75) is 11.1 Å². The first kappa shape index (κ1) is 12.7. The molecule has 16 heavy (non-hydrogen) atoms. The molecule has 0 fully saturated rings. The van der Waals surface area contributed by atoms with E-state index in [-0.39, 0.29) is 0 Å². The Bertz CT molecular complexity index is 517. The van der Waals surface area contributed by atoms with Crippen molar-refractivity contribution in [3.05, 3.63) is 35.9 Å². The summed E-state index contributed by atoms with van der Waals surface area (Å²) in [5.41, 5.74) is -1.95. The molecule has 1 aromatic rings. The van der Waals surface area contributed by atoms with E-state index in [2.05, 4.69) is 6.58 Å². The quantitative estimate of drug-likeness (QED) is 0.600. The lowest BCUT2D eigenvalue weighted by Gasteiger charge is -2.11. The lowest BCUT2D eigenvalue weighted by molar-refractivity contribution is -0.139. The third-order valence-corrected chi connectivity index (χ3v) is 2.76. The van der Waals surface area contributed by atoms with Crippen LogP contribution in [0.3, 0.4) is 0 Å². The van der Waals surface area contributed by atoms with Gasteiger partial charge in [0.05, 0.1) is 5.56 Å². The summed E-state index contributed by atoms with van der Waals surface area (Å²) in [5, 5.41) is 0. The summed E-state index contributed by atoms with van der Waals surface area (Å²) in [7, 11) is -5.45. The van der Waals surface area contributed by atoms with E-state index in [1.165, 1.54) is 0 Å². The lowest BCUT2D eigenvalue weighted by atomic mass is 10.1. The molecule has 88 valence electrons. The number of halogens is 4. The van der Waals surface area contributed by atoms with E-state index in [0.717, 1.165) is 18.2 Å². The van der Waals surface area contributed by atoms with Gasteiger partial charge in [-0.05, 0) is 11.6 Å². The summed E-state index contributed by atoms with van der Waals surface area (Å²) in [6, 6.07) is 2.52. The van der Waals surface area contributed by atoms with E-state index >= 15 is 0 Å². The Hall–Kier alpha value is -1.37. The second-order valence-corrected chi connectivity index (χ2v) is 4.15. The molecule has 7 heteroatoms. The van der Waals surface area contributed by atoms with Gasteiger partial charge in [0.2, 0.25) is 0 Å². The van der Waals surface area contributed by atoms with Crippen LogP contribution >= 0.6 is 0 Å². The van der Waals surface area contributed by atoms with Gasteiger partial charge < -0.3 is 0 Å². The second kappa shape index (κ2) is 3.89. The Morgan fingerprint density at radius 1 is 1.25 bits per heavy atom. The van der Waals surface area contributed by atoms with Crippen molar-refractivity contribution in [3.8, 4) is 0 Å². The van der Waals surface area contributed by atoms with Crippen molar-refractivity contribution in [1.29, 1.82) is 0 Å². The summed E-state index contributed by atoms with van der Waals surface area (Å²) < 4.78 is 71.4. The average Bonchev–Trinajstić information content (AvgIpc) is 2.13. The van der Waals surface area contributed by atoms with Gasteiger partial charge in [-0.3, -0.25) is 0 Å². The predicted molar refractivity (Wildman–Crippen MR) is 49.8 cm³/mol. The fourth-order valence-electron chi connectivity index (χ4n) is 1.21. The zero-order valence-corrected chi connectivity index (χ0v) is 8.57. The molecule has 0 aliphatic carbocycles. The summed E-state index contributed by atoms with van der Waals surface area (Å²) in [5.74, 6) is 0. The van der Waals surface area contributed by atoms with Crippen LogP contribution in [0.5, 0.6) is 0 Å². The average molecular weight is 254 g/mol. The summed E-state index contributed by atoms with van der Waals surface area (Å²) in [6.45, 7) is 3.13. The molecule has 0 unspecified atom stereocenters. The summed E-state index contributed by atoms with van der Waals surface area (Å²) in [4.78, 5) is -1.39. The van der Waals surface area contributed by atoms with Crippen molar-refractivity contribution < 1.29 is 25.5 Å². The molecule has 0 saturated heterocycles. The monoisotopic (exact) mass is 254 g/mol. The molecule has 0 N–H and O–H groups in total. The van der Waals surface area contributed by atoms with Crippen LogP contribution in [-0.2, 0) is 16.4 Å². The van der Waals surface area contributed by atoms with Crippen LogP contribution in [0.4, 0.5) is 17.1 Å². The number of hydrogen-bond donors (Lipinski definition) is 0. The largest absolute Gasteiger partial charge is 0.417 e. The first-order valence-corrected chi connectivity index (χ1v) is 5.33. The first-order valence-electron chi connectivity index (χ1n) is 3.95. The number of alkyl halides is 3. The molecule has 0 spiro atoms. The minimum absolute atomic E-state index is 0.419. The molecule has 0 heterocycles. The molecule has 0 atom stereocenters. The van der Waals surface area contributed by atoms with E-state index in [0.29, 0.717) is 6.07 Å². The topological polar surface area (TPSA) is 34.1 Å². The lowest BCUT2D eigenvalue weighted by Crippen LogP contribution is -2.12. The van der Waals surface area contributed by atoms with E-state index in [9.17, 15) is 25.5 Å². The molecule has 0 aliphatic rings. The number of rotatable bonds is 2. The predicted octanol–water partition coefficient (Wildman–Crippen LogP) is 3.01. The smallest absolute Gasteiger partial charge is 0.189 e. The van der Waals surface area contributed by atoms with Crippen molar-refractivity contribution in [2.75, 3.05) is 0 Å². The maximum absolute atomic E-state index is 12.8. The van der Waals surface area contributed by atoms with Crippen LogP contribution in [0.15, 0.2) is 29.7 Å². The van der Waals surface area contributed by atoms with Crippen LogP contribution in [0.25, 0.3) is 6.08 Å². The SMILES string of the molecule is C=Cc1cccc(C(F)(F)F)c1S(=O)(=O)F. The third-order valence-electron chi connectivity index (χ3n) is 1.81. The zero-order chi connectivity index (χ0) is 12.6. The molecular weight excluding hydrogens is 248 g/mol. The van der Waals surface area contributed by atoms with E-state index in [1.807, 2.05) is 0 Å². The Kier molecular flexibility index (Phi) is 3.09. The normalized spacial score (nSPS) is 12.5. The molecule has 0 bridgehead atoms. The van der Waals surface area contributed by atoms with Crippen molar-refractivity contribution in [3.63, 3.8) is 0 Å². The van der Waals surface area contributed by atoms with Crippen LogP contribution in [0.1, 0.15) is 11.1 Å². The molecular formula is C9H6F4O2S. The highest BCUT2D eigenvalue weighted by atomic mass is 32.3. The highest BCUT2D eigenvalue weighted by molar-refractivity contribution is 7.86. The van der Waals surface area contributed by atoms with Crippen molar-refractivity contribution in [2.24, 2.45) is 0 Å². The molecule has 0 aromatic heterocycles. The molecule has 0 aliphatic heterocycles. The molecule has 1 aromatic carbocycles. The van der Waals surface area contributed by atoms with Gasteiger partial charge in [-0.1, -0.05) is 24.8 Å². The Balaban J connectivity index is 3.71. The minimum Gasteiger partial charge on any atom is -0.189 e. The van der Waals surface area contributed by atoms with E-state index in [1.54, 1.807) is 0 Å². The molecule has 1 rings (SSSR count). The van der Waals surface area contributed by atoms with Crippen LogP contribution in [0.2, 0.25) is 0 Å². The molecule has 0 amide bonds. The fourth-order valence-corrected chi connectivity index (χ4v) is 2.09. The Labute approximate surface area is 89.4 Å². The maximum Gasteiger partial charge on any atom is 0.417 e. The molecule has 2 nitrogen and oxygen atoms in total. The Morgan fingerprint density at radius 3 is 2.19 bits per heavy atom. The van der Waals surface area contributed by atoms with Gasteiger partial charge in [0.1, 0.15) is 4.90 Å².